The van der Waals surface area contributed by atoms with Crippen LogP contribution in [-0.4, -0.2) is 42.5 Å². The Morgan fingerprint density at radius 1 is 1.03 bits per heavy atom. The van der Waals surface area contributed by atoms with Crippen molar-refractivity contribution in [3.05, 3.63) is 59.1 Å². The highest BCUT2D eigenvalue weighted by molar-refractivity contribution is 6.30. The minimum Gasteiger partial charge on any atom is -0.324 e. The zero-order valence-corrected chi connectivity index (χ0v) is 18.9. The van der Waals surface area contributed by atoms with E-state index in [9.17, 15) is 9.59 Å². The molecule has 0 atom stereocenters. The van der Waals surface area contributed by atoms with Gasteiger partial charge in [-0.2, -0.15) is 0 Å². The smallest absolute Gasteiger partial charge is 0.324 e. The van der Waals surface area contributed by atoms with Crippen molar-refractivity contribution in [2.45, 2.75) is 51.5 Å². The van der Waals surface area contributed by atoms with E-state index >= 15 is 0 Å². The first kappa shape index (κ1) is 21.7. The minimum absolute atomic E-state index is 0.0667. The van der Waals surface area contributed by atoms with Crippen molar-refractivity contribution >= 4 is 34.9 Å². The molecule has 1 fully saturated rings. The highest BCUT2D eigenvalue weighted by atomic mass is 35.5. The van der Waals surface area contributed by atoms with Gasteiger partial charge in [0.1, 0.15) is 0 Å². The number of aryl methyl sites for hydroxylation is 1. The van der Waals surface area contributed by atoms with E-state index in [1.807, 2.05) is 70.2 Å². The molecule has 3 amide bonds. The molecule has 5 nitrogen and oxygen atoms in total. The lowest BCUT2D eigenvalue weighted by atomic mass is 10.0. The van der Waals surface area contributed by atoms with E-state index in [0.29, 0.717) is 19.5 Å². The second-order valence-corrected chi connectivity index (χ2v) is 8.77. The van der Waals surface area contributed by atoms with Crippen LogP contribution in [0.4, 0.5) is 16.2 Å². The van der Waals surface area contributed by atoms with Gasteiger partial charge in [-0.15, -0.1) is 0 Å². The molecule has 2 aliphatic rings. The highest BCUT2D eigenvalue weighted by Gasteiger charge is 2.32. The molecule has 0 aromatic heterocycles. The van der Waals surface area contributed by atoms with Crippen LogP contribution in [0.5, 0.6) is 0 Å². The summed E-state index contributed by atoms with van der Waals surface area (Å²) >= 11 is 6.19. The van der Waals surface area contributed by atoms with Gasteiger partial charge in [-0.3, -0.25) is 9.69 Å². The first-order valence-corrected chi connectivity index (χ1v) is 11.7. The van der Waals surface area contributed by atoms with E-state index < -0.39 is 0 Å². The molecular formula is C25H30ClN3O2. The van der Waals surface area contributed by atoms with Crippen molar-refractivity contribution in [1.82, 2.24) is 4.90 Å². The van der Waals surface area contributed by atoms with Crippen molar-refractivity contribution in [3.63, 3.8) is 0 Å². The zero-order valence-electron chi connectivity index (χ0n) is 18.1. The van der Waals surface area contributed by atoms with Crippen LogP contribution in [0.25, 0.3) is 0 Å². The number of fused-ring (bicyclic) bond motifs is 1. The van der Waals surface area contributed by atoms with E-state index in [2.05, 4.69) is 0 Å². The molecule has 1 saturated heterocycles. The number of amides is 3. The number of anilines is 2. The molecule has 0 unspecified atom stereocenters. The molecule has 0 aliphatic carbocycles. The molecule has 6 heteroatoms. The van der Waals surface area contributed by atoms with E-state index in [0.717, 1.165) is 60.6 Å². The molecule has 0 N–H and O–H groups in total. The summed E-state index contributed by atoms with van der Waals surface area (Å²) in [4.78, 5) is 31.9. The Hall–Kier alpha value is -2.53. The normalized spacial score (nSPS) is 17.1. The molecule has 2 aromatic rings. The number of likely N-dealkylation sites (tertiary alicyclic amines) is 1. The topological polar surface area (TPSA) is 43.9 Å². The monoisotopic (exact) mass is 439 g/mol. The fourth-order valence-electron chi connectivity index (χ4n) is 4.73. The number of nitrogens with zero attached hydrogens (tertiary/aromatic N) is 3. The molecular weight excluding hydrogens is 410 g/mol. The molecule has 0 spiro atoms. The first-order chi connectivity index (χ1) is 15.1. The number of hydrogen-bond donors (Lipinski definition) is 0. The third-order valence-corrected chi connectivity index (χ3v) is 6.58. The standard InChI is InChI=1S/C25H30ClN3O2/c1-2-24(30)29(21-9-4-3-5-10-21)22-13-16-27(17-14-22)25(31)28-15-7-6-8-19-18-20(26)11-12-23(19)28/h3-5,9-12,18,22H,2,6-8,13-17H2,1H3. The number of rotatable bonds is 3. The Bertz CT molecular complexity index is 926. The summed E-state index contributed by atoms with van der Waals surface area (Å²) < 4.78 is 0. The second-order valence-electron chi connectivity index (χ2n) is 8.34. The highest BCUT2D eigenvalue weighted by Crippen LogP contribution is 2.31. The van der Waals surface area contributed by atoms with Gasteiger partial charge in [-0.25, -0.2) is 4.79 Å². The predicted octanol–water partition coefficient (Wildman–Crippen LogP) is 5.51. The maximum Gasteiger partial charge on any atom is 0.324 e. The third kappa shape index (κ3) is 4.72. The number of hydrogen-bond acceptors (Lipinski definition) is 2. The summed E-state index contributed by atoms with van der Waals surface area (Å²) in [5.41, 5.74) is 3.08. The van der Waals surface area contributed by atoms with Crippen LogP contribution in [0.15, 0.2) is 48.5 Å². The van der Waals surface area contributed by atoms with Gasteiger partial charge in [0, 0.05) is 48.5 Å². The first-order valence-electron chi connectivity index (χ1n) is 11.3. The van der Waals surface area contributed by atoms with Crippen molar-refractivity contribution in [2.24, 2.45) is 0 Å². The number of carbonyl (C=O) groups is 2. The maximum atomic E-state index is 13.4. The fourth-order valence-corrected chi connectivity index (χ4v) is 4.92. The molecule has 2 aliphatic heterocycles. The van der Waals surface area contributed by atoms with Gasteiger partial charge in [0.2, 0.25) is 5.91 Å². The number of carbonyl (C=O) groups excluding carboxylic acids is 2. The van der Waals surface area contributed by atoms with E-state index in [1.165, 1.54) is 0 Å². The van der Waals surface area contributed by atoms with E-state index in [4.69, 9.17) is 11.6 Å². The number of halogens is 1. The predicted molar refractivity (Wildman–Crippen MR) is 126 cm³/mol. The van der Waals surface area contributed by atoms with Crippen LogP contribution >= 0.6 is 11.6 Å². The largest absolute Gasteiger partial charge is 0.324 e. The van der Waals surface area contributed by atoms with Crippen LogP contribution in [0.3, 0.4) is 0 Å². The Morgan fingerprint density at radius 2 is 1.77 bits per heavy atom. The summed E-state index contributed by atoms with van der Waals surface area (Å²) in [5, 5.41) is 0.718. The lowest BCUT2D eigenvalue weighted by molar-refractivity contribution is -0.119. The quantitative estimate of drug-likeness (QED) is 0.632. The SMILES string of the molecule is CCC(=O)N(c1ccccc1)C1CCN(C(=O)N2CCCCc3cc(Cl)ccc32)CC1. The molecule has 0 bridgehead atoms. The average molecular weight is 440 g/mol. The van der Waals surface area contributed by atoms with Crippen LogP contribution in [0.2, 0.25) is 5.02 Å². The van der Waals surface area contributed by atoms with Gasteiger partial charge in [0.25, 0.3) is 0 Å². The Labute approximate surface area is 189 Å². The molecule has 4 rings (SSSR count). The average Bonchev–Trinajstić information content (AvgIpc) is 3.01. The molecule has 31 heavy (non-hydrogen) atoms. The molecule has 2 heterocycles. The maximum absolute atomic E-state index is 13.4. The van der Waals surface area contributed by atoms with Crippen LogP contribution in [0.1, 0.15) is 44.6 Å². The molecule has 164 valence electrons. The number of benzene rings is 2. The summed E-state index contributed by atoms with van der Waals surface area (Å²) in [6.45, 7) is 3.95. The van der Waals surface area contributed by atoms with E-state index in [1.54, 1.807) is 0 Å². The van der Waals surface area contributed by atoms with Crippen molar-refractivity contribution in [2.75, 3.05) is 29.4 Å². The minimum atomic E-state index is 0.0667. The summed E-state index contributed by atoms with van der Waals surface area (Å²) in [6, 6.07) is 15.9. The molecule has 0 saturated carbocycles. The van der Waals surface area contributed by atoms with Gasteiger partial charge in [-0.05, 0) is 68.0 Å². The van der Waals surface area contributed by atoms with Crippen LogP contribution < -0.4 is 9.80 Å². The lowest BCUT2D eigenvalue weighted by Gasteiger charge is -2.40. The van der Waals surface area contributed by atoms with Crippen molar-refractivity contribution < 1.29 is 9.59 Å². The summed E-state index contributed by atoms with van der Waals surface area (Å²) in [7, 11) is 0. The molecule has 2 aromatic carbocycles. The van der Waals surface area contributed by atoms with Gasteiger partial charge >= 0.3 is 6.03 Å². The second kappa shape index (κ2) is 9.73. The zero-order chi connectivity index (χ0) is 21.8. The van der Waals surface area contributed by atoms with Gasteiger partial charge < -0.3 is 9.80 Å². The Balaban J connectivity index is 1.47. The van der Waals surface area contributed by atoms with Crippen molar-refractivity contribution in [1.29, 1.82) is 0 Å². The summed E-state index contributed by atoms with van der Waals surface area (Å²) in [6.07, 6.45) is 5.04. The Kier molecular flexibility index (Phi) is 6.81. The third-order valence-electron chi connectivity index (χ3n) is 6.35. The van der Waals surface area contributed by atoms with Crippen LogP contribution in [0, 0.1) is 0 Å². The fraction of sp³-hybridized carbons (Fsp3) is 0.440. The number of para-hydroxylation sites is 1. The Morgan fingerprint density at radius 3 is 2.48 bits per heavy atom. The van der Waals surface area contributed by atoms with Crippen molar-refractivity contribution in [3.8, 4) is 0 Å². The van der Waals surface area contributed by atoms with Crippen LogP contribution in [-0.2, 0) is 11.2 Å². The lowest BCUT2D eigenvalue weighted by Crippen LogP contribution is -2.52. The van der Waals surface area contributed by atoms with E-state index in [-0.39, 0.29) is 18.0 Å². The molecule has 0 radical (unpaired) electrons. The number of piperidine rings is 1. The van der Waals surface area contributed by atoms with Gasteiger partial charge in [0.15, 0.2) is 0 Å². The van der Waals surface area contributed by atoms with Gasteiger partial charge in [0.05, 0.1) is 0 Å². The van der Waals surface area contributed by atoms with Gasteiger partial charge in [-0.1, -0.05) is 36.7 Å². The number of urea groups is 1. The summed E-state index contributed by atoms with van der Waals surface area (Å²) in [5.74, 6) is 0.134.